The van der Waals surface area contributed by atoms with E-state index in [0.29, 0.717) is 30.4 Å². The van der Waals surface area contributed by atoms with Crippen LogP contribution in [0.3, 0.4) is 0 Å². The topological polar surface area (TPSA) is 102 Å². The Labute approximate surface area is 191 Å². The fraction of sp³-hybridized carbons (Fsp3) is 0.391. The molecule has 0 aliphatic carbocycles. The summed E-state index contributed by atoms with van der Waals surface area (Å²) in [6.45, 7) is 5.40. The minimum Gasteiger partial charge on any atom is -0.486 e. The number of urea groups is 1. The third-order valence-electron chi connectivity index (χ3n) is 5.73. The molecule has 3 heterocycles. The summed E-state index contributed by atoms with van der Waals surface area (Å²) in [5.74, 6) is 2.45. The van der Waals surface area contributed by atoms with Gasteiger partial charge >= 0.3 is 6.03 Å². The molecule has 0 atom stereocenters. The van der Waals surface area contributed by atoms with Gasteiger partial charge < -0.3 is 24.3 Å². The van der Waals surface area contributed by atoms with Gasteiger partial charge in [0.25, 0.3) is 0 Å². The Kier molecular flexibility index (Phi) is 6.18. The van der Waals surface area contributed by atoms with Gasteiger partial charge in [-0.2, -0.15) is 0 Å². The number of nitrogens with one attached hydrogen (secondary N) is 2. The van der Waals surface area contributed by atoms with Crippen molar-refractivity contribution in [3.8, 4) is 23.0 Å². The Morgan fingerprint density at radius 2 is 1.45 bits per heavy atom. The quantitative estimate of drug-likeness (QED) is 0.704. The minimum atomic E-state index is -0.571. The Morgan fingerprint density at radius 1 is 0.788 bits per heavy atom. The number of ether oxygens (including phenoxy) is 4. The fourth-order valence-electron chi connectivity index (χ4n) is 4.06. The molecule has 0 saturated carbocycles. The van der Waals surface area contributed by atoms with Crippen LogP contribution in [0.5, 0.6) is 23.0 Å². The fourth-order valence-corrected chi connectivity index (χ4v) is 4.06. The van der Waals surface area contributed by atoms with E-state index < -0.39 is 6.03 Å². The summed E-state index contributed by atoms with van der Waals surface area (Å²) in [7, 11) is 0. The second kappa shape index (κ2) is 9.55. The number of rotatable bonds is 5. The van der Waals surface area contributed by atoms with Crippen molar-refractivity contribution in [3.63, 3.8) is 0 Å². The molecule has 2 aromatic rings. The van der Waals surface area contributed by atoms with Crippen molar-refractivity contribution < 1.29 is 28.5 Å². The molecule has 10 nitrogen and oxygen atoms in total. The number of piperazine rings is 1. The Bertz CT molecular complexity index is 1040. The van der Waals surface area contributed by atoms with Crippen molar-refractivity contribution in [1.29, 1.82) is 0 Å². The van der Waals surface area contributed by atoms with Crippen LogP contribution in [-0.2, 0) is 11.3 Å². The molecule has 0 radical (unpaired) electrons. The van der Waals surface area contributed by atoms with E-state index in [-0.39, 0.29) is 19.2 Å². The predicted octanol–water partition coefficient (Wildman–Crippen LogP) is 1.65. The molecule has 33 heavy (non-hydrogen) atoms. The molecule has 0 unspecified atom stereocenters. The molecule has 3 amide bonds. The van der Waals surface area contributed by atoms with Crippen molar-refractivity contribution in [2.75, 3.05) is 58.0 Å². The van der Waals surface area contributed by atoms with E-state index in [0.717, 1.165) is 44.2 Å². The number of hydrogen-bond donors (Lipinski definition) is 2. The van der Waals surface area contributed by atoms with Crippen molar-refractivity contribution >= 4 is 17.6 Å². The van der Waals surface area contributed by atoms with E-state index in [1.807, 2.05) is 23.1 Å². The number of imide groups is 1. The van der Waals surface area contributed by atoms with Gasteiger partial charge in [0.2, 0.25) is 12.7 Å². The molecule has 3 aliphatic heterocycles. The zero-order valence-corrected chi connectivity index (χ0v) is 18.2. The van der Waals surface area contributed by atoms with E-state index in [2.05, 4.69) is 15.5 Å². The summed E-state index contributed by atoms with van der Waals surface area (Å²) in [5.41, 5.74) is 1.70. The second-order valence-electron chi connectivity index (χ2n) is 8.10. The Hall–Kier alpha value is -3.50. The number of carbonyl (C=O) groups is 2. The Morgan fingerprint density at radius 3 is 2.30 bits per heavy atom. The summed E-state index contributed by atoms with van der Waals surface area (Å²) in [4.78, 5) is 28.9. The highest BCUT2D eigenvalue weighted by Gasteiger charge is 2.21. The summed E-state index contributed by atoms with van der Waals surface area (Å²) in [5, 5.41) is 5.05. The first-order valence-corrected chi connectivity index (χ1v) is 11.0. The molecule has 1 fully saturated rings. The number of fused-ring (bicyclic) bond motifs is 2. The normalized spacial score (nSPS) is 17.5. The summed E-state index contributed by atoms with van der Waals surface area (Å²) in [6.07, 6.45) is 0. The molecule has 2 N–H and O–H groups in total. The number of amides is 3. The van der Waals surface area contributed by atoms with Gasteiger partial charge in [-0.3, -0.25) is 19.9 Å². The van der Waals surface area contributed by atoms with E-state index in [1.165, 1.54) is 5.56 Å². The molecule has 5 rings (SSSR count). The van der Waals surface area contributed by atoms with Crippen LogP contribution in [0.1, 0.15) is 5.56 Å². The van der Waals surface area contributed by atoms with E-state index in [4.69, 9.17) is 18.9 Å². The lowest BCUT2D eigenvalue weighted by Crippen LogP contribution is -2.50. The van der Waals surface area contributed by atoms with Crippen LogP contribution in [0, 0.1) is 0 Å². The molecule has 2 aromatic carbocycles. The van der Waals surface area contributed by atoms with Gasteiger partial charge in [-0.05, 0) is 29.8 Å². The molecule has 3 aliphatic rings. The van der Waals surface area contributed by atoms with E-state index in [1.54, 1.807) is 18.2 Å². The molecule has 10 heteroatoms. The molecule has 1 saturated heterocycles. The van der Waals surface area contributed by atoms with Crippen LogP contribution in [0.4, 0.5) is 10.5 Å². The van der Waals surface area contributed by atoms with Crippen LogP contribution in [0.25, 0.3) is 0 Å². The van der Waals surface area contributed by atoms with E-state index >= 15 is 0 Å². The molecular weight excluding hydrogens is 428 g/mol. The van der Waals surface area contributed by atoms with Crippen molar-refractivity contribution in [2.45, 2.75) is 6.54 Å². The minimum absolute atomic E-state index is 0.173. The van der Waals surface area contributed by atoms with E-state index in [9.17, 15) is 9.59 Å². The molecular formula is C23H26N4O6. The highest BCUT2D eigenvalue weighted by atomic mass is 16.7. The molecule has 0 bridgehead atoms. The smallest absolute Gasteiger partial charge is 0.325 e. The van der Waals surface area contributed by atoms with Gasteiger partial charge in [0, 0.05) is 44.5 Å². The first-order valence-electron chi connectivity index (χ1n) is 11.0. The third kappa shape index (κ3) is 5.29. The van der Waals surface area contributed by atoms with Crippen molar-refractivity contribution in [3.05, 3.63) is 42.0 Å². The van der Waals surface area contributed by atoms with Crippen LogP contribution in [-0.4, -0.2) is 74.5 Å². The van der Waals surface area contributed by atoms with Gasteiger partial charge in [-0.1, -0.05) is 6.07 Å². The van der Waals surface area contributed by atoms with Gasteiger partial charge in [-0.25, -0.2) is 4.79 Å². The number of benzene rings is 2. The zero-order valence-electron chi connectivity index (χ0n) is 18.2. The highest BCUT2D eigenvalue weighted by Crippen LogP contribution is 2.33. The lowest BCUT2D eigenvalue weighted by molar-refractivity contribution is -0.121. The summed E-state index contributed by atoms with van der Waals surface area (Å²) in [6, 6.07) is 10.5. The largest absolute Gasteiger partial charge is 0.486 e. The third-order valence-corrected chi connectivity index (χ3v) is 5.73. The number of carbonyl (C=O) groups excluding carboxylic acids is 2. The van der Waals surface area contributed by atoms with Gasteiger partial charge in [0.1, 0.15) is 13.2 Å². The average Bonchev–Trinajstić information content (AvgIpc) is 3.28. The van der Waals surface area contributed by atoms with Gasteiger partial charge in [0.05, 0.1) is 6.54 Å². The monoisotopic (exact) mass is 454 g/mol. The second-order valence-corrected chi connectivity index (χ2v) is 8.10. The Balaban J connectivity index is 1.04. The summed E-state index contributed by atoms with van der Waals surface area (Å²) >= 11 is 0. The van der Waals surface area contributed by atoms with Crippen LogP contribution >= 0.6 is 0 Å². The maximum absolute atomic E-state index is 12.3. The van der Waals surface area contributed by atoms with Gasteiger partial charge in [-0.15, -0.1) is 0 Å². The summed E-state index contributed by atoms with van der Waals surface area (Å²) < 4.78 is 21.8. The maximum atomic E-state index is 12.3. The lowest BCUT2D eigenvalue weighted by Gasteiger charge is -2.34. The molecule has 0 aromatic heterocycles. The maximum Gasteiger partial charge on any atom is 0.325 e. The van der Waals surface area contributed by atoms with Crippen molar-refractivity contribution in [2.24, 2.45) is 0 Å². The standard InChI is InChI=1S/C23H26N4O6/c28-22(25-23(29)24-17-2-4-18-21(12-17)31-10-9-30-18)14-27-7-5-26(6-8-27)13-16-1-3-19-20(11-16)33-15-32-19/h1-4,11-12H,5-10,13-15H2,(H2,24,25,28,29). The van der Waals surface area contributed by atoms with Gasteiger partial charge in [0.15, 0.2) is 23.0 Å². The average molecular weight is 454 g/mol. The molecule has 174 valence electrons. The predicted molar refractivity (Wildman–Crippen MR) is 119 cm³/mol. The zero-order chi connectivity index (χ0) is 22.6. The number of nitrogens with zero attached hydrogens (tertiary/aromatic N) is 2. The SMILES string of the molecule is O=C(CN1CCN(Cc2ccc3c(c2)OCO3)CC1)NC(=O)Nc1ccc2c(c1)OCCO2. The lowest BCUT2D eigenvalue weighted by atomic mass is 10.1. The first-order chi connectivity index (χ1) is 16.1. The van der Waals surface area contributed by atoms with Crippen LogP contribution in [0.15, 0.2) is 36.4 Å². The van der Waals surface area contributed by atoms with Crippen LogP contribution < -0.4 is 29.6 Å². The number of anilines is 1. The molecule has 0 spiro atoms. The van der Waals surface area contributed by atoms with Crippen LogP contribution in [0.2, 0.25) is 0 Å². The van der Waals surface area contributed by atoms with Crippen molar-refractivity contribution in [1.82, 2.24) is 15.1 Å². The number of hydrogen-bond acceptors (Lipinski definition) is 8. The first kappa shape index (κ1) is 21.4. The highest BCUT2D eigenvalue weighted by molar-refractivity contribution is 6.01.